The number of hydrogen-bond acceptors (Lipinski definition) is 6. The Morgan fingerprint density at radius 2 is 1.52 bits per heavy atom. The van der Waals surface area contributed by atoms with Crippen molar-refractivity contribution in [2.45, 2.75) is 90.0 Å². The molecule has 0 aromatic heterocycles. The third-order valence-corrected chi connectivity index (χ3v) is 9.52. The van der Waals surface area contributed by atoms with Crippen molar-refractivity contribution in [1.29, 1.82) is 0 Å². The lowest BCUT2D eigenvalue weighted by Gasteiger charge is -2.36. The maximum Gasteiger partial charge on any atom is 0.409 e. The first-order chi connectivity index (χ1) is 20.7. The average molecular weight is 631 g/mol. The summed E-state index contributed by atoms with van der Waals surface area (Å²) in [5.74, 6) is 0.0150. The molecule has 2 aromatic carbocycles. The fraction of sp³-hybridized carbons (Fsp3) is 0.594. The Hall–Kier alpha value is -3.38. The molecule has 0 radical (unpaired) electrons. The zero-order valence-electron chi connectivity index (χ0n) is 27.2. The van der Waals surface area contributed by atoms with Gasteiger partial charge in [0.05, 0.1) is 11.5 Å². The molecule has 1 heterocycles. The van der Waals surface area contributed by atoms with E-state index in [-0.39, 0.29) is 61.3 Å². The van der Waals surface area contributed by atoms with Crippen molar-refractivity contribution in [3.63, 3.8) is 0 Å². The fourth-order valence-corrected chi connectivity index (χ4v) is 7.09. The van der Waals surface area contributed by atoms with Crippen LogP contribution in [0.15, 0.2) is 34.2 Å². The van der Waals surface area contributed by atoms with Crippen LogP contribution in [0.1, 0.15) is 95.8 Å². The molecule has 0 unspecified atom stereocenters. The highest BCUT2D eigenvalue weighted by Gasteiger charge is 2.33. The Morgan fingerprint density at radius 3 is 2.07 bits per heavy atom. The minimum absolute atomic E-state index is 0.0668. The molecule has 2 aromatic rings. The summed E-state index contributed by atoms with van der Waals surface area (Å²) in [4.78, 5) is 33.3. The molecule has 1 fully saturated rings. The summed E-state index contributed by atoms with van der Waals surface area (Å²) in [5, 5.41) is 1.90. The molecular weight excluding hydrogens is 580 g/mol. The van der Waals surface area contributed by atoms with Crippen LogP contribution in [0.5, 0.6) is 0 Å². The second-order valence-electron chi connectivity index (χ2n) is 12.3. The number of rotatable bonds is 12. The number of benzene rings is 2. The summed E-state index contributed by atoms with van der Waals surface area (Å²) in [6.07, 6.45) is 0.170. The number of hydrogen-bond donors (Lipinski definition) is 3. The van der Waals surface area contributed by atoms with E-state index < -0.39 is 22.2 Å². The number of fused-ring (bicyclic) bond motifs is 1. The van der Waals surface area contributed by atoms with E-state index >= 15 is 0 Å². The summed E-state index contributed by atoms with van der Waals surface area (Å²) in [6, 6.07) is 7.03. The van der Waals surface area contributed by atoms with Crippen LogP contribution in [0.25, 0.3) is 10.8 Å². The Balaban J connectivity index is 2.00. The summed E-state index contributed by atoms with van der Waals surface area (Å²) in [7, 11) is -4.13. The topological polar surface area (TPSA) is 160 Å². The maximum atomic E-state index is 14.2. The molecular formula is C32H50N6O5S. The first kappa shape index (κ1) is 35.1. The second kappa shape index (κ2) is 15.1. The van der Waals surface area contributed by atoms with Crippen molar-refractivity contribution in [3.05, 3.63) is 41.0 Å². The van der Waals surface area contributed by atoms with Crippen LogP contribution in [-0.2, 0) is 19.6 Å². The second-order valence-corrected chi connectivity index (χ2v) is 14.0. The number of guanidine groups is 1. The molecule has 0 bridgehead atoms. The predicted molar refractivity (Wildman–Crippen MR) is 175 cm³/mol. The number of carbonyl (C=O) groups excluding carboxylic acids is 2. The zero-order valence-corrected chi connectivity index (χ0v) is 28.0. The van der Waals surface area contributed by atoms with Crippen molar-refractivity contribution in [3.8, 4) is 0 Å². The van der Waals surface area contributed by atoms with Gasteiger partial charge in [-0.1, -0.05) is 53.7 Å². The van der Waals surface area contributed by atoms with E-state index in [1.54, 1.807) is 22.8 Å². The number of nitrogens with one attached hydrogen (secondary N) is 1. The molecule has 1 saturated heterocycles. The minimum atomic E-state index is -4.13. The van der Waals surface area contributed by atoms with Gasteiger partial charge in [0.2, 0.25) is 15.9 Å². The van der Waals surface area contributed by atoms with Crippen LogP contribution in [0.3, 0.4) is 0 Å². The van der Waals surface area contributed by atoms with E-state index in [0.717, 1.165) is 16.3 Å². The van der Waals surface area contributed by atoms with Gasteiger partial charge in [0.15, 0.2) is 5.96 Å². The monoisotopic (exact) mass is 630 g/mol. The Kier molecular flexibility index (Phi) is 12.0. The van der Waals surface area contributed by atoms with Crippen LogP contribution < -0.4 is 16.2 Å². The number of aliphatic imine (C=N–C) groups is 1. The van der Waals surface area contributed by atoms with Gasteiger partial charge in [-0.15, -0.1) is 0 Å². The molecule has 0 aliphatic carbocycles. The van der Waals surface area contributed by atoms with Gasteiger partial charge >= 0.3 is 6.09 Å². The number of nitrogens with two attached hydrogens (primary N) is 2. The van der Waals surface area contributed by atoms with E-state index in [9.17, 15) is 18.0 Å². The third-order valence-electron chi connectivity index (χ3n) is 8.00. The summed E-state index contributed by atoms with van der Waals surface area (Å²) >= 11 is 0. The van der Waals surface area contributed by atoms with E-state index in [1.165, 1.54) is 5.56 Å². The standard InChI is InChI=1S/C32H50N6O5S/c1-8-43-32(40)38-14-12-37(13-15-38)30(39)28(10-9-11-35-31(33)34)36-44(41,42)29-19-27-24(18-26(29)22(6)7)16-23(20(2)3)17-25(27)21(4)5/h16-22,28,36H,8-15H2,1-7H3,(H4,33,34,35)/t28-/m0/s1. The number of amides is 2. The molecule has 0 saturated carbocycles. The third kappa shape index (κ3) is 8.62. The highest BCUT2D eigenvalue weighted by Crippen LogP contribution is 2.35. The summed E-state index contributed by atoms with van der Waals surface area (Å²) in [6.45, 7) is 15.9. The van der Waals surface area contributed by atoms with Crippen LogP contribution in [0, 0.1) is 0 Å². The molecule has 12 heteroatoms. The maximum absolute atomic E-state index is 14.2. The lowest BCUT2D eigenvalue weighted by Crippen LogP contribution is -2.56. The van der Waals surface area contributed by atoms with E-state index in [4.69, 9.17) is 16.2 Å². The Morgan fingerprint density at radius 1 is 0.909 bits per heavy atom. The molecule has 1 aliphatic heterocycles. The Bertz CT molecular complexity index is 1460. The first-order valence-corrected chi connectivity index (χ1v) is 17.0. The molecule has 11 nitrogen and oxygen atoms in total. The van der Waals surface area contributed by atoms with E-state index in [2.05, 4.69) is 49.5 Å². The van der Waals surface area contributed by atoms with Crippen molar-refractivity contribution in [1.82, 2.24) is 14.5 Å². The molecule has 2 amide bonds. The van der Waals surface area contributed by atoms with Gasteiger partial charge in [-0.2, -0.15) is 4.72 Å². The van der Waals surface area contributed by atoms with Crippen molar-refractivity contribution >= 4 is 38.8 Å². The fourth-order valence-electron chi connectivity index (χ4n) is 5.49. The molecule has 1 aliphatic rings. The lowest BCUT2D eigenvalue weighted by atomic mass is 9.88. The summed E-state index contributed by atoms with van der Waals surface area (Å²) < 4.78 is 36.2. The number of ether oxygens (including phenoxy) is 1. The smallest absolute Gasteiger partial charge is 0.409 e. The van der Waals surface area contributed by atoms with E-state index in [0.29, 0.717) is 31.0 Å². The minimum Gasteiger partial charge on any atom is -0.450 e. The van der Waals surface area contributed by atoms with Crippen LogP contribution >= 0.6 is 0 Å². The quantitative estimate of drug-likeness (QED) is 0.180. The van der Waals surface area contributed by atoms with Gasteiger partial charge in [-0.3, -0.25) is 9.79 Å². The van der Waals surface area contributed by atoms with Crippen LogP contribution in [0.4, 0.5) is 4.79 Å². The molecule has 3 rings (SSSR count). The van der Waals surface area contributed by atoms with Crippen LogP contribution in [-0.4, -0.2) is 81.6 Å². The van der Waals surface area contributed by atoms with Crippen molar-refractivity contribution in [2.24, 2.45) is 16.5 Å². The van der Waals surface area contributed by atoms with Gasteiger partial charge in [0, 0.05) is 32.7 Å². The number of nitrogens with zero attached hydrogens (tertiary/aromatic N) is 3. The molecule has 5 N–H and O–H groups in total. The van der Waals surface area contributed by atoms with Gasteiger partial charge in [-0.25, -0.2) is 13.2 Å². The van der Waals surface area contributed by atoms with Crippen molar-refractivity contribution in [2.75, 3.05) is 39.3 Å². The van der Waals surface area contributed by atoms with Gasteiger partial charge in [0.25, 0.3) is 0 Å². The summed E-state index contributed by atoms with van der Waals surface area (Å²) in [5.41, 5.74) is 13.9. The highest BCUT2D eigenvalue weighted by atomic mass is 32.2. The Labute approximate surface area is 262 Å². The van der Waals surface area contributed by atoms with Gasteiger partial charge < -0.3 is 26.0 Å². The number of piperazine rings is 1. The van der Waals surface area contributed by atoms with Gasteiger partial charge in [-0.05, 0) is 77.1 Å². The SMILES string of the molecule is CCOC(=O)N1CCN(C(=O)[C@H](CCCN=C(N)N)NS(=O)(=O)c2cc3c(C(C)C)cc(C(C)C)cc3cc2C(C)C)CC1. The average Bonchev–Trinajstić information content (AvgIpc) is 2.96. The highest BCUT2D eigenvalue weighted by molar-refractivity contribution is 7.89. The normalized spacial score (nSPS) is 14.9. The van der Waals surface area contributed by atoms with Gasteiger partial charge in [0.1, 0.15) is 6.04 Å². The first-order valence-electron chi connectivity index (χ1n) is 15.6. The molecule has 44 heavy (non-hydrogen) atoms. The zero-order chi connectivity index (χ0) is 32.8. The molecule has 1 atom stereocenters. The number of sulfonamides is 1. The van der Waals surface area contributed by atoms with Crippen LogP contribution in [0.2, 0.25) is 0 Å². The van der Waals surface area contributed by atoms with Crippen molar-refractivity contribution < 1.29 is 22.7 Å². The largest absolute Gasteiger partial charge is 0.450 e. The number of carbonyl (C=O) groups is 2. The van der Waals surface area contributed by atoms with E-state index in [1.807, 2.05) is 19.9 Å². The molecule has 0 spiro atoms. The molecule has 244 valence electrons. The lowest BCUT2D eigenvalue weighted by molar-refractivity contribution is -0.134. The predicted octanol–water partition coefficient (Wildman–Crippen LogP) is 4.21.